The summed E-state index contributed by atoms with van der Waals surface area (Å²) < 4.78 is 2.18. The van der Waals surface area contributed by atoms with Gasteiger partial charge in [-0.2, -0.15) is 0 Å². The van der Waals surface area contributed by atoms with Crippen molar-refractivity contribution in [3.63, 3.8) is 0 Å². The fraction of sp³-hybridized carbons (Fsp3) is 0.400. The molecule has 1 aromatic carbocycles. The number of aromatic nitrogens is 2. The Morgan fingerprint density at radius 3 is 2.50 bits per heavy atom. The summed E-state index contributed by atoms with van der Waals surface area (Å²) in [5.74, 6) is 1.07. The topological polar surface area (TPSA) is 29.9 Å². The number of rotatable bonds is 3. The van der Waals surface area contributed by atoms with Crippen LogP contribution in [0.1, 0.15) is 22.6 Å². The lowest BCUT2D eigenvalue weighted by atomic mass is 10.0. The predicted molar refractivity (Wildman–Crippen MR) is 75.6 cm³/mol. The van der Waals surface area contributed by atoms with Crippen LogP contribution < -0.4 is 5.32 Å². The molecule has 0 radical (unpaired) electrons. The van der Waals surface area contributed by atoms with Crippen LogP contribution in [0.15, 0.2) is 18.2 Å². The average molecular weight is 243 g/mol. The maximum atomic E-state index is 4.63. The minimum absolute atomic E-state index is 0.794. The first-order chi connectivity index (χ1) is 8.54. The molecule has 0 bridgehead atoms. The van der Waals surface area contributed by atoms with Crippen molar-refractivity contribution in [2.24, 2.45) is 7.05 Å². The van der Waals surface area contributed by atoms with E-state index in [0.717, 1.165) is 18.1 Å². The molecule has 0 aliphatic carbocycles. The second kappa shape index (κ2) is 4.94. The molecule has 18 heavy (non-hydrogen) atoms. The van der Waals surface area contributed by atoms with E-state index in [-0.39, 0.29) is 0 Å². The van der Waals surface area contributed by atoms with Crippen molar-refractivity contribution in [1.29, 1.82) is 0 Å². The van der Waals surface area contributed by atoms with Crippen LogP contribution in [0.2, 0.25) is 0 Å². The zero-order chi connectivity index (χ0) is 13.3. The first-order valence-corrected chi connectivity index (χ1v) is 6.29. The van der Waals surface area contributed by atoms with Crippen molar-refractivity contribution < 1.29 is 0 Å². The van der Waals surface area contributed by atoms with E-state index in [4.69, 9.17) is 0 Å². The van der Waals surface area contributed by atoms with Crippen molar-refractivity contribution in [3.05, 3.63) is 40.8 Å². The fourth-order valence-corrected chi connectivity index (χ4v) is 2.30. The van der Waals surface area contributed by atoms with Crippen molar-refractivity contribution in [2.75, 3.05) is 7.05 Å². The maximum Gasteiger partial charge on any atom is 0.123 e. The van der Waals surface area contributed by atoms with Gasteiger partial charge in [-0.25, -0.2) is 4.98 Å². The molecule has 0 aliphatic heterocycles. The van der Waals surface area contributed by atoms with Gasteiger partial charge in [0.1, 0.15) is 5.82 Å². The Kier molecular flexibility index (Phi) is 3.53. The normalized spacial score (nSPS) is 10.9. The third-order valence-corrected chi connectivity index (χ3v) is 3.48. The molecule has 0 unspecified atom stereocenters. The number of benzene rings is 1. The number of aryl methyl sites for hydroxylation is 3. The van der Waals surface area contributed by atoms with E-state index < -0.39 is 0 Å². The monoisotopic (exact) mass is 243 g/mol. The zero-order valence-electron chi connectivity index (χ0n) is 11.8. The number of hydrogen-bond acceptors (Lipinski definition) is 2. The SMILES string of the molecule is CNCc1nc(C)c(-c2ccc(C)c(C)c2)n1C. The highest BCUT2D eigenvalue weighted by atomic mass is 15.1. The summed E-state index contributed by atoms with van der Waals surface area (Å²) in [6, 6.07) is 6.59. The van der Waals surface area contributed by atoms with E-state index in [1.807, 2.05) is 7.05 Å². The Morgan fingerprint density at radius 2 is 1.89 bits per heavy atom. The van der Waals surface area contributed by atoms with Gasteiger partial charge in [-0.15, -0.1) is 0 Å². The lowest BCUT2D eigenvalue weighted by molar-refractivity contribution is 0.712. The van der Waals surface area contributed by atoms with E-state index in [1.54, 1.807) is 0 Å². The molecule has 2 rings (SSSR count). The molecular formula is C15H21N3. The molecule has 2 aromatic rings. The summed E-state index contributed by atoms with van der Waals surface area (Å²) in [4.78, 5) is 4.63. The van der Waals surface area contributed by atoms with E-state index in [2.05, 4.69) is 60.9 Å². The third kappa shape index (κ3) is 2.18. The van der Waals surface area contributed by atoms with E-state index in [9.17, 15) is 0 Å². The Morgan fingerprint density at radius 1 is 1.17 bits per heavy atom. The molecule has 0 amide bonds. The van der Waals surface area contributed by atoms with Gasteiger partial charge in [0, 0.05) is 12.6 Å². The van der Waals surface area contributed by atoms with Crippen LogP contribution in [-0.4, -0.2) is 16.6 Å². The second-order valence-electron chi connectivity index (χ2n) is 4.85. The summed E-state index contributed by atoms with van der Waals surface area (Å²) in [5, 5.41) is 3.15. The van der Waals surface area contributed by atoms with Crippen LogP contribution in [0.4, 0.5) is 0 Å². The van der Waals surface area contributed by atoms with Crippen LogP contribution in [0.25, 0.3) is 11.3 Å². The Hall–Kier alpha value is -1.61. The van der Waals surface area contributed by atoms with Gasteiger partial charge in [0.05, 0.1) is 17.9 Å². The van der Waals surface area contributed by atoms with Gasteiger partial charge in [-0.1, -0.05) is 12.1 Å². The largest absolute Gasteiger partial charge is 0.330 e. The van der Waals surface area contributed by atoms with Crippen LogP contribution in [-0.2, 0) is 13.6 Å². The van der Waals surface area contributed by atoms with E-state index in [0.29, 0.717) is 0 Å². The lowest BCUT2D eigenvalue weighted by Gasteiger charge is -2.09. The standard InChI is InChI=1S/C15H21N3/c1-10-6-7-13(8-11(10)2)15-12(3)17-14(9-16-4)18(15)5/h6-8,16H,9H2,1-5H3. The van der Waals surface area contributed by atoms with Crippen molar-refractivity contribution in [3.8, 4) is 11.3 Å². The second-order valence-corrected chi connectivity index (χ2v) is 4.85. The average Bonchev–Trinajstić information content (AvgIpc) is 2.59. The molecular weight excluding hydrogens is 222 g/mol. The highest BCUT2D eigenvalue weighted by Gasteiger charge is 2.13. The van der Waals surface area contributed by atoms with Crippen molar-refractivity contribution >= 4 is 0 Å². The first-order valence-electron chi connectivity index (χ1n) is 6.29. The van der Waals surface area contributed by atoms with Gasteiger partial charge in [0.25, 0.3) is 0 Å². The number of imidazole rings is 1. The molecule has 0 saturated heterocycles. The molecule has 0 spiro atoms. The molecule has 0 aliphatic rings. The highest BCUT2D eigenvalue weighted by molar-refractivity contribution is 5.64. The summed E-state index contributed by atoms with van der Waals surface area (Å²) in [6.07, 6.45) is 0. The van der Waals surface area contributed by atoms with Crippen LogP contribution >= 0.6 is 0 Å². The molecule has 3 heteroatoms. The Balaban J connectivity index is 2.53. The van der Waals surface area contributed by atoms with Gasteiger partial charge >= 0.3 is 0 Å². The quantitative estimate of drug-likeness (QED) is 0.898. The number of hydrogen-bond donors (Lipinski definition) is 1. The van der Waals surface area contributed by atoms with Crippen molar-refractivity contribution in [1.82, 2.24) is 14.9 Å². The molecule has 3 nitrogen and oxygen atoms in total. The third-order valence-electron chi connectivity index (χ3n) is 3.48. The predicted octanol–water partition coefficient (Wildman–Crippen LogP) is 2.73. The Labute approximate surface area is 109 Å². The maximum absolute atomic E-state index is 4.63. The van der Waals surface area contributed by atoms with Crippen molar-refractivity contribution in [2.45, 2.75) is 27.3 Å². The molecule has 1 N–H and O–H groups in total. The van der Waals surface area contributed by atoms with E-state index in [1.165, 1.54) is 22.4 Å². The molecule has 0 fully saturated rings. The first kappa shape index (κ1) is 12.8. The van der Waals surface area contributed by atoms with Gasteiger partial charge in [0.15, 0.2) is 0 Å². The minimum atomic E-state index is 0.794. The summed E-state index contributed by atoms with van der Waals surface area (Å²) in [5.41, 5.74) is 6.19. The zero-order valence-corrected chi connectivity index (χ0v) is 11.8. The van der Waals surface area contributed by atoms with Crippen LogP contribution in [0.5, 0.6) is 0 Å². The molecule has 1 aromatic heterocycles. The lowest BCUT2D eigenvalue weighted by Crippen LogP contribution is -2.10. The van der Waals surface area contributed by atoms with Gasteiger partial charge in [0.2, 0.25) is 0 Å². The Bertz CT molecular complexity index is 567. The fourth-order valence-electron chi connectivity index (χ4n) is 2.30. The molecule has 0 saturated carbocycles. The summed E-state index contributed by atoms with van der Waals surface area (Å²) in [7, 11) is 4.02. The van der Waals surface area contributed by atoms with Gasteiger partial charge < -0.3 is 9.88 Å². The van der Waals surface area contributed by atoms with E-state index >= 15 is 0 Å². The number of nitrogens with one attached hydrogen (secondary N) is 1. The summed E-state index contributed by atoms with van der Waals surface area (Å²) >= 11 is 0. The number of nitrogens with zero attached hydrogens (tertiary/aromatic N) is 2. The van der Waals surface area contributed by atoms with Gasteiger partial charge in [-0.05, 0) is 45.0 Å². The minimum Gasteiger partial charge on any atom is -0.330 e. The summed E-state index contributed by atoms with van der Waals surface area (Å²) in [6.45, 7) is 7.16. The van der Waals surface area contributed by atoms with Crippen LogP contribution in [0, 0.1) is 20.8 Å². The van der Waals surface area contributed by atoms with Gasteiger partial charge in [-0.3, -0.25) is 0 Å². The molecule has 0 atom stereocenters. The van der Waals surface area contributed by atoms with Crippen LogP contribution in [0.3, 0.4) is 0 Å². The molecule has 96 valence electrons. The molecule has 1 heterocycles. The smallest absolute Gasteiger partial charge is 0.123 e. The highest BCUT2D eigenvalue weighted by Crippen LogP contribution is 2.25.